The monoisotopic (exact) mass is 321 g/mol. The molecule has 1 aromatic rings. The summed E-state index contributed by atoms with van der Waals surface area (Å²) in [7, 11) is 1.51. The van der Waals surface area contributed by atoms with Crippen molar-refractivity contribution < 1.29 is 22.7 Å². The quantitative estimate of drug-likeness (QED) is 0.838. The molecule has 1 aromatic carbocycles. The number of benzene rings is 1. The predicted molar refractivity (Wildman–Crippen MR) is 77.6 cm³/mol. The molecule has 1 rings (SSSR count). The Labute approximate surface area is 126 Å². The zero-order valence-electron chi connectivity index (χ0n) is 11.9. The second-order valence-corrected chi connectivity index (χ2v) is 5.38. The van der Waals surface area contributed by atoms with Crippen molar-refractivity contribution in [2.24, 2.45) is 0 Å². The summed E-state index contributed by atoms with van der Waals surface area (Å²) in [6, 6.07) is 4.74. The third kappa shape index (κ3) is 5.59. The number of alkyl halides is 3. The van der Waals surface area contributed by atoms with Crippen molar-refractivity contribution in [3.8, 4) is 0 Å². The minimum atomic E-state index is -4.55. The lowest BCUT2D eigenvalue weighted by molar-refractivity contribution is -0.137. The zero-order valence-corrected chi connectivity index (χ0v) is 12.7. The number of methoxy groups -OCH3 is 1. The third-order valence-corrected chi connectivity index (χ3v) is 3.59. The number of thioether (sulfide) groups is 1. The van der Waals surface area contributed by atoms with E-state index in [0.717, 1.165) is 18.2 Å². The zero-order chi connectivity index (χ0) is 15.9. The van der Waals surface area contributed by atoms with Gasteiger partial charge in [-0.1, -0.05) is 12.1 Å². The third-order valence-electron chi connectivity index (χ3n) is 2.94. The minimum Gasteiger partial charge on any atom is -0.380 e. The maximum absolute atomic E-state index is 12.8. The van der Waals surface area contributed by atoms with Crippen molar-refractivity contribution in [3.63, 3.8) is 0 Å². The smallest absolute Gasteiger partial charge is 0.380 e. The lowest BCUT2D eigenvalue weighted by atomic mass is 10.1. The standard InChI is InChI=1S/C14H18F3NO2S/c1-20-10(7-8-21-2)9-18-13(19)11-5-3-4-6-12(11)14(15,16)17/h3-6,10H,7-9H2,1-2H3,(H,18,19). The summed E-state index contributed by atoms with van der Waals surface area (Å²) in [4.78, 5) is 11.9. The molecule has 3 nitrogen and oxygen atoms in total. The maximum Gasteiger partial charge on any atom is 0.417 e. The highest BCUT2D eigenvalue weighted by molar-refractivity contribution is 7.98. The second-order valence-electron chi connectivity index (χ2n) is 4.39. The first-order valence-electron chi connectivity index (χ1n) is 6.36. The molecule has 0 aromatic heterocycles. The van der Waals surface area contributed by atoms with Crippen LogP contribution in [0.25, 0.3) is 0 Å². The van der Waals surface area contributed by atoms with Crippen LogP contribution in [0.1, 0.15) is 22.3 Å². The van der Waals surface area contributed by atoms with E-state index in [2.05, 4.69) is 5.32 Å². The lowest BCUT2D eigenvalue weighted by Gasteiger charge is -2.17. The van der Waals surface area contributed by atoms with Crippen molar-refractivity contribution in [1.82, 2.24) is 5.32 Å². The summed E-state index contributed by atoms with van der Waals surface area (Å²) in [6.07, 6.45) is -2.09. The highest BCUT2D eigenvalue weighted by Crippen LogP contribution is 2.31. The molecule has 0 fully saturated rings. The average Bonchev–Trinajstić information content (AvgIpc) is 2.46. The Hall–Kier alpha value is -1.21. The van der Waals surface area contributed by atoms with Crippen LogP contribution in [0.2, 0.25) is 0 Å². The molecule has 0 saturated carbocycles. The van der Waals surface area contributed by atoms with Crippen LogP contribution in [0.5, 0.6) is 0 Å². The lowest BCUT2D eigenvalue weighted by Crippen LogP contribution is -2.34. The summed E-state index contributed by atoms with van der Waals surface area (Å²) in [5.41, 5.74) is -1.30. The van der Waals surface area contributed by atoms with Crippen LogP contribution in [0.3, 0.4) is 0 Å². The van der Waals surface area contributed by atoms with Gasteiger partial charge in [0.15, 0.2) is 0 Å². The van der Waals surface area contributed by atoms with Crippen molar-refractivity contribution in [2.45, 2.75) is 18.7 Å². The molecule has 1 unspecified atom stereocenters. The molecule has 0 aliphatic rings. The van der Waals surface area contributed by atoms with Gasteiger partial charge in [0.25, 0.3) is 5.91 Å². The fraction of sp³-hybridized carbons (Fsp3) is 0.500. The number of carbonyl (C=O) groups is 1. The first-order valence-corrected chi connectivity index (χ1v) is 7.75. The Bertz CT molecular complexity index is 466. The fourth-order valence-corrected chi connectivity index (χ4v) is 2.28. The van der Waals surface area contributed by atoms with E-state index in [1.54, 1.807) is 11.8 Å². The topological polar surface area (TPSA) is 38.3 Å². The first kappa shape index (κ1) is 17.8. The number of nitrogens with one attached hydrogen (secondary N) is 1. The van der Waals surface area contributed by atoms with Crippen molar-refractivity contribution in [2.75, 3.05) is 25.7 Å². The van der Waals surface area contributed by atoms with E-state index in [1.807, 2.05) is 6.26 Å². The van der Waals surface area contributed by atoms with Crippen molar-refractivity contribution in [3.05, 3.63) is 35.4 Å². The summed E-state index contributed by atoms with van der Waals surface area (Å²) in [6.45, 7) is 0.183. The van der Waals surface area contributed by atoms with Crippen LogP contribution in [-0.2, 0) is 10.9 Å². The van der Waals surface area contributed by atoms with Gasteiger partial charge in [-0.25, -0.2) is 0 Å². The van der Waals surface area contributed by atoms with Gasteiger partial charge in [0.2, 0.25) is 0 Å². The molecule has 0 aliphatic carbocycles. The number of rotatable bonds is 7. The number of hydrogen-bond acceptors (Lipinski definition) is 3. The van der Waals surface area contributed by atoms with Crippen LogP contribution in [-0.4, -0.2) is 37.7 Å². The normalized spacial score (nSPS) is 13.0. The van der Waals surface area contributed by atoms with Gasteiger partial charge in [-0.2, -0.15) is 24.9 Å². The van der Waals surface area contributed by atoms with Gasteiger partial charge < -0.3 is 10.1 Å². The Morgan fingerprint density at radius 1 is 1.38 bits per heavy atom. The highest BCUT2D eigenvalue weighted by atomic mass is 32.2. The van der Waals surface area contributed by atoms with E-state index < -0.39 is 17.6 Å². The fourth-order valence-electron chi connectivity index (χ4n) is 1.78. The first-order chi connectivity index (χ1) is 9.90. The molecule has 118 valence electrons. The SMILES string of the molecule is COC(CCSC)CNC(=O)c1ccccc1C(F)(F)F. The Balaban J connectivity index is 2.72. The molecular formula is C14H18F3NO2S. The predicted octanol–water partition coefficient (Wildman–Crippen LogP) is 3.20. The van der Waals surface area contributed by atoms with E-state index in [1.165, 1.54) is 25.3 Å². The molecule has 0 saturated heterocycles. The number of amides is 1. The van der Waals surface area contributed by atoms with Crippen LogP contribution < -0.4 is 5.32 Å². The van der Waals surface area contributed by atoms with Gasteiger partial charge in [0, 0.05) is 13.7 Å². The maximum atomic E-state index is 12.8. The summed E-state index contributed by atoms with van der Waals surface area (Å²) >= 11 is 1.64. The Morgan fingerprint density at radius 2 is 2.05 bits per heavy atom. The van der Waals surface area contributed by atoms with Gasteiger partial charge in [-0.3, -0.25) is 4.79 Å². The Kier molecular flexibility index (Phi) is 7.04. The molecule has 7 heteroatoms. The van der Waals surface area contributed by atoms with Crippen LogP contribution in [0, 0.1) is 0 Å². The average molecular weight is 321 g/mol. The van der Waals surface area contributed by atoms with Crippen molar-refractivity contribution >= 4 is 17.7 Å². The van der Waals surface area contributed by atoms with Crippen LogP contribution in [0.4, 0.5) is 13.2 Å². The van der Waals surface area contributed by atoms with E-state index in [-0.39, 0.29) is 18.2 Å². The molecule has 0 spiro atoms. The molecule has 1 atom stereocenters. The molecule has 1 N–H and O–H groups in total. The van der Waals surface area contributed by atoms with Crippen LogP contribution >= 0.6 is 11.8 Å². The van der Waals surface area contributed by atoms with Crippen LogP contribution in [0.15, 0.2) is 24.3 Å². The summed E-state index contributed by atoms with van der Waals surface area (Å²) in [5, 5.41) is 2.50. The number of halogens is 3. The van der Waals surface area contributed by atoms with E-state index in [4.69, 9.17) is 4.74 Å². The largest absolute Gasteiger partial charge is 0.417 e. The van der Waals surface area contributed by atoms with Gasteiger partial charge >= 0.3 is 6.18 Å². The summed E-state index contributed by atoms with van der Waals surface area (Å²) < 4.78 is 43.7. The van der Waals surface area contributed by atoms with E-state index >= 15 is 0 Å². The minimum absolute atomic E-state index is 0.183. The summed E-state index contributed by atoms with van der Waals surface area (Å²) in [5.74, 6) is 0.113. The molecule has 21 heavy (non-hydrogen) atoms. The van der Waals surface area contributed by atoms with Gasteiger partial charge in [0.05, 0.1) is 17.2 Å². The van der Waals surface area contributed by atoms with E-state index in [9.17, 15) is 18.0 Å². The van der Waals surface area contributed by atoms with Gasteiger partial charge in [-0.05, 0) is 30.6 Å². The molecule has 1 amide bonds. The number of ether oxygens (including phenoxy) is 1. The molecule has 0 radical (unpaired) electrons. The number of carbonyl (C=O) groups excluding carboxylic acids is 1. The molecule has 0 bridgehead atoms. The van der Waals surface area contributed by atoms with Gasteiger partial charge in [-0.15, -0.1) is 0 Å². The van der Waals surface area contributed by atoms with Crippen molar-refractivity contribution in [1.29, 1.82) is 0 Å². The highest BCUT2D eigenvalue weighted by Gasteiger charge is 2.34. The number of hydrogen-bond donors (Lipinski definition) is 1. The molecule has 0 aliphatic heterocycles. The second kappa shape index (κ2) is 8.29. The molecule has 0 heterocycles. The van der Waals surface area contributed by atoms with E-state index in [0.29, 0.717) is 0 Å². The van der Waals surface area contributed by atoms with Gasteiger partial charge in [0.1, 0.15) is 0 Å². The molecular weight excluding hydrogens is 303 g/mol. The Morgan fingerprint density at radius 3 is 2.62 bits per heavy atom.